The molecule has 22 heavy (non-hydrogen) atoms. The van der Waals surface area contributed by atoms with Gasteiger partial charge in [0, 0.05) is 30.7 Å². The molecule has 0 saturated heterocycles. The molecule has 5 heteroatoms. The number of carbonyl (C=O) groups excluding carboxylic acids is 1. The van der Waals surface area contributed by atoms with Crippen molar-refractivity contribution in [3.8, 4) is 0 Å². The number of hydrogen-bond donors (Lipinski definition) is 0. The molecule has 122 valence electrons. The summed E-state index contributed by atoms with van der Waals surface area (Å²) in [5.74, 6) is -0.539. The summed E-state index contributed by atoms with van der Waals surface area (Å²) in [4.78, 5) is 16.4. The lowest BCUT2D eigenvalue weighted by atomic mass is 9.94. The molecule has 1 amide bonds. The molecule has 0 heterocycles. The van der Waals surface area contributed by atoms with E-state index in [0.717, 1.165) is 6.54 Å². The lowest BCUT2D eigenvalue weighted by Crippen LogP contribution is -2.40. The van der Waals surface area contributed by atoms with E-state index < -0.39 is 0 Å². The Hall–Kier alpha value is -0.940. The highest BCUT2D eigenvalue weighted by atomic mass is 79.9. The van der Waals surface area contributed by atoms with Crippen LogP contribution in [0.5, 0.6) is 0 Å². The molecule has 1 aromatic carbocycles. The van der Waals surface area contributed by atoms with Gasteiger partial charge in [-0.2, -0.15) is 0 Å². The van der Waals surface area contributed by atoms with E-state index in [1.165, 1.54) is 44.2 Å². The predicted octanol–water partition coefficient (Wildman–Crippen LogP) is 3.92. The second-order valence-electron chi connectivity index (χ2n) is 6.12. The lowest BCUT2D eigenvalue weighted by Gasteiger charge is -2.32. The molecule has 0 atom stereocenters. The van der Waals surface area contributed by atoms with Crippen LogP contribution < -0.4 is 0 Å². The van der Waals surface area contributed by atoms with Gasteiger partial charge in [0.15, 0.2) is 0 Å². The Kier molecular flexibility index (Phi) is 6.38. The van der Waals surface area contributed by atoms with Gasteiger partial charge in [-0.15, -0.1) is 0 Å². The maximum Gasteiger partial charge on any atom is 0.254 e. The highest BCUT2D eigenvalue weighted by Gasteiger charge is 2.20. The second-order valence-corrected chi connectivity index (χ2v) is 6.98. The molecule has 2 rings (SSSR count). The summed E-state index contributed by atoms with van der Waals surface area (Å²) in [6.45, 7) is 1.49. The van der Waals surface area contributed by atoms with E-state index in [0.29, 0.717) is 22.6 Å². The molecule has 1 saturated carbocycles. The average molecular weight is 371 g/mol. The van der Waals surface area contributed by atoms with E-state index in [2.05, 4.69) is 27.9 Å². The van der Waals surface area contributed by atoms with Crippen molar-refractivity contribution in [2.45, 2.75) is 38.1 Å². The van der Waals surface area contributed by atoms with Crippen molar-refractivity contribution in [2.24, 2.45) is 0 Å². The fourth-order valence-electron chi connectivity index (χ4n) is 2.98. The van der Waals surface area contributed by atoms with Gasteiger partial charge in [0.1, 0.15) is 5.82 Å². The summed E-state index contributed by atoms with van der Waals surface area (Å²) in [6.07, 6.45) is 6.46. The van der Waals surface area contributed by atoms with Crippen molar-refractivity contribution in [2.75, 3.05) is 27.2 Å². The smallest absolute Gasteiger partial charge is 0.254 e. The molecule has 1 fully saturated rings. The van der Waals surface area contributed by atoms with Crippen LogP contribution in [0.4, 0.5) is 4.39 Å². The predicted molar refractivity (Wildman–Crippen MR) is 90.6 cm³/mol. The molecule has 1 aliphatic carbocycles. The minimum atomic E-state index is -0.390. The second kappa shape index (κ2) is 8.06. The largest absolute Gasteiger partial charge is 0.340 e. The number of nitrogens with zero attached hydrogens (tertiary/aromatic N) is 2. The molecule has 0 spiro atoms. The molecule has 0 aliphatic heterocycles. The molecule has 0 N–H and O–H groups in total. The van der Waals surface area contributed by atoms with Crippen LogP contribution >= 0.6 is 15.9 Å². The maximum atomic E-state index is 13.3. The van der Waals surface area contributed by atoms with Crippen molar-refractivity contribution < 1.29 is 9.18 Å². The number of halogens is 2. The zero-order valence-corrected chi connectivity index (χ0v) is 14.9. The first-order chi connectivity index (χ1) is 10.5. The first-order valence-corrected chi connectivity index (χ1v) is 8.69. The van der Waals surface area contributed by atoms with Gasteiger partial charge in [0.25, 0.3) is 5.91 Å². The van der Waals surface area contributed by atoms with Gasteiger partial charge in [-0.05, 0) is 54.0 Å². The highest BCUT2D eigenvalue weighted by molar-refractivity contribution is 9.10. The van der Waals surface area contributed by atoms with Crippen LogP contribution in [0, 0.1) is 5.82 Å². The Labute approximate surface area is 140 Å². The van der Waals surface area contributed by atoms with Crippen LogP contribution in [0.25, 0.3) is 0 Å². The van der Waals surface area contributed by atoms with Crippen LogP contribution in [-0.2, 0) is 0 Å². The highest BCUT2D eigenvalue weighted by Crippen LogP contribution is 2.22. The number of hydrogen-bond acceptors (Lipinski definition) is 2. The molecule has 0 radical (unpaired) electrons. The van der Waals surface area contributed by atoms with E-state index in [1.54, 1.807) is 18.0 Å². The summed E-state index contributed by atoms with van der Waals surface area (Å²) < 4.78 is 14.0. The van der Waals surface area contributed by atoms with Gasteiger partial charge in [-0.3, -0.25) is 4.79 Å². The van der Waals surface area contributed by atoms with E-state index >= 15 is 0 Å². The van der Waals surface area contributed by atoms with E-state index in [9.17, 15) is 9.18 Å². The minimum Gasteiger partial charge on any atom is -0.340 e. The Bertz CT molecular complexity index is 517. The van der Waals surface area contributed by atoms with E-state index in [1.807, 2.05) is 0 Å². The Morgan fingerprint density at radius 1 is 1.23 bits per heavy atom. The molecule has 1 aromatic rings. The van der Waals surface area contributed by atoms with Crippen molar-refractivity contribution in [3.63, 3.8) is 0 Å². The van der Waals surface area contributed by atoms with Crippen molar-refractivity contribution in [1.29, 1.82) is 0 Å². The van der Waals surface area contributed by atoms with Gasteiger partial charge in [0.05, 0.1) is 5.56 Å². The van der Waals surface area contributed by atoms with E-state index in [-0.39, 0.29) is 11.7 Å². The van der Waals surface area contributed by atoms with Gasteiger partial charge >= 0.3 is 0 Å². The van der Waals surface area contributed by atoms with Crippen molar-refractivity contribution in [3.05, 3.63) is 34.1 Å². The van der Waals surface area contributed by atoms with Gasteiger partial charge < -0.3 is 9.80 Å². The molecule has 3 nitrogen and oxygen atoms in total. The Morgan fingerprint density at radius 2 is 1.91 bits per heavy atom. The summed E-state index contributed by atoms with van der Waals surface area (Å²) in [5, 5.41) is 0. The number of carbonyl (C=O) groups is 1. The van der Waals surface area contributed by atoms with Crippen molar-refractivity contribution >= 4 is 21.8 Å². The quantitative estimate of drug-likeness (QED) is 0.783. The Balaban J connectivity index is 1.89. The van der Waals surface area contributed by atoms with Gasteiger partial charge in [-0.25, -0.2) is 4.39 Å². The molecule has 0 bridgehead atoms. The molecule has 0 unspecified atom stereocenters. The van der Waals surface area contributed by atoms with Crippen LogP contribution in [0.2, 0.25) is 0 Å². The summed E-state index contributed by atoms with van der Waals surface area (Å²) in [5.41, 5.74) is 0.378. The Morgan fingerprint density at radius 3 is 2.59 bits per heavy atom. The third-order valence-electron chi connectivity index (χ3n) is 4.49. The fraction of sp³-hybridized carbons (Fsp3) is 0.588. The first kappa shape index (κ1) is 17.4. The van der Waals surface area contributed by atoms with Gasteiger partial charge in [0.2, 0.25) is 0 Å². The molecule has 0 aromatic heterocycles. The molecule has 1 aliphatic rings. The van der Waals surface area contributed by atoms with Crippen LogP contribution in [0.15, 0.2) is 22.7 Å². The topological polar surface area (TPSA) is 23.6 Å². The SMILES string of the molecule is CN(CCN(C)C1CCCCC1)C(=O)c1cc(F)ccc1Br. The third kappa shape index (κ3) is 4.53. The normalized spacial score (nSPS) is 16.0. The number of benzene rings is 1. The van der Waals surface area contributed by atoms with Gasteiger partial charge in [-0.1, -0.05) is 19.3 Å². The first-order valence-electron chi connectivity index (χ1n) is 7.90. The zero-order valence-electron chi connectivity index (χ0n) is 13.3. The maximum absolute atomic E-state index is 13.3. The molecular formula is C17H24BrFN2O. The number of rotatable bonds is 5. The van der Waals surface area contributed by atoms with Crippen LogP contribution in [-0.4, -0.2) is 48.9 Å². The standard InChI is InChI=1S/C17H24BrFN2O/c1-20(14-6-4-3-5-7-14)10-11-21(2)17(22)15-12-13(19)8-9-16(15)18/h8-9,12,14H,3-7,10-11H2,1-2H3. The summed E-state index contributed by atoms with van der Waals surface area (Å²) in [6, 6.07) is 4.84. The summed E-state index contributed by atoms with van der Waals surface area (Å²) in [7, 11) is 3.90. The lowest BCUT2D eigenvalue weighted by molar-refractivity contribution is 0.0766. The van der Waals surface area contributed by atoms with Crippen molar-refractivity contribution in [1.82, 2.24) is 9.80 Å². The molecular weight excluding hydrogens is 347 g/mol. The summed E-state index contributed by atoms with van der Waals surface area (Å²) >= 11 is 3.32. The van der Waals surface area contributed by atoms with Crippen LogP contribution in [0.1, 0.15) is 42.5 Å². The van der Waals surface area contributed by atoms with Crippen LogP contribution in [0.3, 0.4) is 0 Å². The monoisotopic (exact) mass is 370 g/mol. The third-order valence-corrected chi connectivity index (χ3v) is 5.18. The zero-order chi connectivity index (χ0) is 16.1. The van der Waals surface area contributed by atoms with E-state index in [4.69, 9.17) is 0 Å². The number of amides is 1. The average Bonchev–Trinajstić information content (AvgIpc) is 2.54. The fourth-order valence-corrected chi connectivity index (χ4v) is 3.40. The number of likely N-dealkylation sites (N-methyl/N-ethyl adjacent to an activating group) is 2. The minimum absolute atomic E-state index is 0.150.